The van der Waals surface area contributed by atoms with Gasteiger partial charge in [-0.05, 0) is 30.3 Å². The minimum Gasteiger partial charge on any atom is -0.289 e. The van der Waals surface area contributed by atoms with Crippen molar-refractivity contribution in [1.29, 1.82) is 0 Å². The van der Waals surface area contributed by atoms with Gasteiger partial charge in [0.25, 0.3) is 10.0 Å². The molecule has 0 amide bonds. The normalized spacial score (nSPS) is 11.1. The van der Waals surface area contributed by atoms with Crippen molar-refractivity contribution in [3.8, 4) is 0 Å². The van der Waals surface area contributed by atoms with Crippen LogP contribution in [-0.4, -0.2) is 22.0 Å². The summed E-state index contributed by atoms with van der Waals surface area (Å²) in [5.41, 5.74) is 1.21. The zero-order valence-electron chi connectivity index (χ0n) is 13.5. The van der Waals surface area contributed by atoms with E-state index in [1.165, 1.54) is 42.5 Å². The number of rotatable bonds is 5. The molecule has 1 N–H and O–H groups in total. The highest BCUT2D eigenvalue weighted by molar-refractivity contribution is 7.92. The highest BCUT2D eigenvalue weighted by Gasteiger charge is 2.20. The molecule has 0 aliphatic heterocycles. The molecule has 4 nitrogen and oxygen atoms in total. The van der Waals surface area contributed by atoms with Crippen molar-refractivity contribution in [2.75, 3.05) is 4.72 Å². The third-order valence-electron chi connectivity index (χ3n) is 3.70. The van der Waals surface area contributed by atoms with Crippen LogP contribution in [0.2, 0.25) is 5.02 Å². The van der Waals surface area contributed by atoms with Gasteiger partial charge in [-0.3, -0.25) is 9.52 Å². The number of carbonyl (C=O) groups excluding carboxylic acids is 1. The summed E-state index contributed by atoms with van der Waals surface area (Å²) >= 11 is 6.01. The molecule has 0 unspecified atom stereocenters. The lowest BCUT2D eigenvalue weighted by Gasteiger charge is -2.13. The Kier molecular flexibility index (Phi) is 5.16. The maximum Gasteiger partial charge on any atom is 0.261 e. The first kappa shape index (κ1) is 18.2. The Morgan fingerprint density at radius 2 is 1.58 bits per heavy atom. The van der Waals surface area contributed by atoms with Crippen molar-refractivity contribution in [2.45, 2.75) is 4.90 Å². The van der Waals surface area contributed by atoms with E-state index in [1.54, 1.807) is 30.3 Å². The fourth-order valence-electron chi connectivity index (χ4n) is 2.39. The van der Waals surface area contributed by atoms with E-state index < -0.39 is 10.0 Å². The molecule has 0 aromatic heterocycles. The third kappa shape index (κ3) is 3.98. The van der Waals surface area contributed by atoms with E-state index in [0.717, 1.165) is 0 Å². The largest absolute Gasteiger partial charge is 0.289 e. The van der Waals surface area contributed by atoms with E-state index in [2.05, 4.69) is 4.72 Å². The molecule has 0 aliphatic rings. The smallest absolute Gasteiger partial charge is 0.261 e. The number of halogens is 1. The number of anilines is 1. The summed E-state index contributed by atoms with van der Waals surface area (Å²) in [6.45, 7) is 0. The van der Waals surface area contributed by atoms with Gasteiger partial charge in [-0.25, -0.2) is 8.42 Å². The van der Waals surface area contributed by atoms with Gasteiger partial charge in [-0.15, -0.1) is 0 Å². The first-order valence-electron chi connectivity index (χ1n) is 7.64. The second kappa shape index (κ2) is 7.36. The molecule has 7 heteroatoms. The van der Waals surface area contributed by atoms with Crippen LogP contribution in [0.25, 0.3) is 0 Å². The van der Waals surface area contributed by atoms with Crippen molar-refractivity contribution in [2.24, 2.45) is 0 Å². The Labute approximate surface area is 158 Å². The van der Waals surface area contributed by atoms with Gasteiger partial charge in [0, 0.05) is 16.1 Å². The lowest BCUT2D eigenvalue weighted by Crippen LogP contribution is -2.16. The number of sulfonamides is 1. The SMILES string of the molecule is [B]c1ccc(S(=O)(=O)Nc2ccc(Cl)cc2C(=O)c2ccccc2)cc1. The maximum absolute atomic E-state index is 12.8. The zero-order chi connectivity index (χ0) is 18.7. The fourth-order valence-corrected chi connectivity index (χ4v) is 3.64. The van der Waals surface area contributed by atoms with Crippen LogP contribution in [0.3, 0.4) is 0 Å². The van der Waals surface area contributed by atoms with E-state index in [9.17, 15) is 13.2 Å². The van der Waals surface area contributed by atoms with Crippen LogP contribution in [0.5, 0.6) is 0 Å². The number of hydrogen-bond acceptors (Lipinski definition) is 3. The quantitative estimate of drug-likeness (QED) is 0.545. The lowest BCUT2D eigenvalue weighted by molar-refractivity contribution is 0.103. The molecule has 0 spiro atoms. The molecule has 0 fully saturated rings. The van der Waals surface area contributed by atoms with Gasteiger partial charge in [0.15, 0.2) is 5.78 Å². The van der Waals surface area contributed by atoms with Crippen molar-refractivity contribution in [3.05, 3.63) is 88.9 Å². The molecule has 3 aromatic rings. The molecular weight excluding hydrogens is 369 g/mol. The molecule has 0 bridgehead atoms. The van der Waals surface area contributed by atoms with Gasteiger partial charge < -0.3 is 0 Å². The molecule has 0 saturated heterocycles. The van der Waals surface area contributed by atoms with E-state index in [-0.39, 0.29) is 21.9 Å². The molecule has 0 atom stereocenters. The standard InChI is InChI=1S/C19H13BClNO3S/c20-14-6-9-16(10-7-14)26(24,25)22-18-11-8-15(21)12-17(18)19(23)13-4-2-1-3-5-13/h1-12,22H. The molecule has 3 aromatic carbocycles. The average Bonchev–Trinajstić information content (AvgIpc) is 2.63. The van der Waals surface area contributed by atoms with E-state index >= 15 is 0 Å². The Morgan fingerprint density at radius 1 is 0.923 bits per heavy atom. The molecule has 2 radical (unpaired) electrons. The van der Waals surface area contributed by atoms with Gasteiger partial charge >= 0.3 is 0 Å². The molecule has 26 heavy (non-hydrogen) atoms. The average molecular weight is 382 g/mol. The number of benzene rings is 3. The minimum atomic E-state index is -3.88. The lowest BCUT2D eigenvalue weighted by atomic mass is 9.97. The van der Waals surface area contributed by atoms with Crippen molar-refractivity contribution in [1.82, 2.24) is 0 Å². The zero-order valence-corrected chi connectivity index (χ0v) is 15.1. The molecule has 0 aliphatic carbocycles. The molecule has 3 rings (SSSR count). The molecular formula is C19H13BClNO3S. The summed E-state index contributed by atoms with van der Waals surface area (Å²) in [4.78, 5) is 12.8. The number of hydrogen-bond donors (Lipinski definition) is 1. The summed E-state index contributed by atoms with van der Waals surface area (Å²) in [5.74, 6) is -0.330. The van der Waals surface area contributed by atoms with E-state index in [4.69, 9.17) is 19.4 Å². The van der Waals surface area contributed by atoms with Gasteiger partial charge in [0.05, 0.1) is 10.6 Å². The van der Waals surface area contributed by atoms with Crippen LogP contribution in [0, 0.1) is 0 Å². The number of nitrogens with one attached hydrogen (secondary N) is 1. The van der Waals surface area contributed by atoms with Crippen LogP contribution in [-0.2, 0) is 10.0 Å². The van der Waals surface area contributed by atoms with Crippen molar-refractivity contribution < 1.29 is 13.2 Å². The summed E-state index contributed by atoms with van der Waals surface area (Å²) in [5, 5.41) is 0.333. The maximum atomic E-state index is 12.8. The molecule has 0 saturated carbocycles. The second-order valence-electron chi connectivity index (χ2n) is 5.56. The van der Waals surface area contributed by atoms with Gasteiger partial charge in [-0.2, -0.15) is 0 Å². The summed E-state index contributed by atoms with van der Waals surface area (Å²) in [6, 6.07) is 18.8. The monoisotopic (exact) mass is 381 g/mol. The van der Waals surface area contributed by atoms with Crippen molar-refractivity contribution in [3.63, 3.8) is 0 Å². The van der Waals surface area contributed by atoms with E-state index in [1.807, 2.05) is 0 Å². The number of carbonyl (C=O) groups is 1. The van der Waals surface area contributed by atoms with Gasteiger partial charge in [0.2, 0.25) is 0 Å². The Hall–Kier alpha value is -2.57. The van der Waals surface area contributed by atoms with Crippen LogP contribution >= 0.6 is 11.6 Å². The van der Waals surface area contributed by atoms with Crippen LogP contribution in [0.15, 0.2) is 77.7 Å². The highest BCUT2D eigenvalue weighted by atomic mass is 35.5. The Bertz CT molecular complexity index is 1050. The predicted octanol–water partition coefficient (Wildman–Crippen LogP) is 3.17. The van der Waals surface area contributed by atoms with Crippen LogP contribution in [0.1, 0.15) is 15.9 Å². The highest BCUT2D eigenvalue weighted by Crippen LogP contribution is 2.26. The Morgan fingerprint density at radius 3 is 2.23 bits per heavy atom. The molecule has 128 valence electrons. The first-order valence-corrected chi connectivity index (χ1v) is 9.50. The first-order chi connectivity index (χ1) is 12.4. The third-order valence-corrected chi connectivity index (χ3v) is 5.31. The fraction of sp³-hybridized carbons (Fsp3) is 0. The summed E-state index contributed by atoms with van der Waals surface area (Å²) in [7, 11) is 1.71. The number of ketones is 1. The van der Waals surface area contributed by atoms with Crippen molar-refractivity contribution >= 4 is 46.4 Å². The van der Waals surface area contributed by atoms with Crippen LogP contribution in [0.4, 0.5) is 5.69 Å². The summed E-state index contributed by atoms with van der Waals surface area (Å²) < 4.78 is 27.7. The van der Waals surface area contributed by atoms with Gasteiger partial charge in [0.1, 0.15) is 7.85 Å². The molecule has 0 heterocycles. The van der Waals surface area contributed by atoms with Crippen LogP contribution < -0.4 is 10.2 Å². The topological polar surface area (TPSA) is 63.2 Å². The summed E-state index contributed by atoms with van der Waals surface area (Å²) in [6.07, 6.45) is 0. The predicted molar refractivity (Wildman–Crippen MR) is 104 cm³/mol. The second-order valence-corrected chi connectivity index (χ2v) is 7.68. The van der Waals surface area contributed by atoms with E-state index in [0.29, 0.717) is 16.0 Å². The minimum absolute atomic E-state index is 0.0414. The Balaban J connectivity index is 2.01. The van der Waals surface area contributed by atoms with Gasteiger partial charge in [-0.1, -0.05) is 59.5 Å².